The van der Waals surface area contributed by atoms with Gasteiger partial charge in [-0.1, -0.05) is 12.5 Å². The van der Waals surface area contributed by atoms with Crippen molar-refractivity contribution >= 4 is 22.9 Å². The van der Waals surface area contributed by atoms with Gasteiger partial charge in [0.2, 0.25) is 5.91 Å². The molecule has 2 heterocycles. The summed E-state index contributed by atoms with van der Waals surface area (Å²) in [6.07, 6.45) is 5.74. The molecule has 1 aliphatic rings. The van der Waals surface area contributed by atoms with Crippen molar-refractivity contribution in [1.82, 2.24) is 9.88 Å². The van der Waals surface area contributed by atoms with E-state index < -0.39 is 6.09 Å². The molecule has 116 valence electrons. The molecule has 0 spiro atoms. The van der Waals surface area contributed by atoms with E-state index in [0.29, 0.717) is 19.6 Å². The number of hydrogen-bond donors (Lipinski definition) is 1. The first-order chi connectivity index (χ1) is 10.7. The molecule has 1 N–H and O–H groups in total. The van der Waals surface area contributed by atoms with Crippen molar-refractivity contribution in [1.29, 1.82) is 0 Å². The van der Waals surface area contributed by atoms with Crippen LogP contribution in [0.15, 0.2) is 30.5 Å². The highest BCUT2D eigenvalue weighted by Gasteiger charge is 2.27. The summed E-state index contributed by atoms with van der Waals surface area (Å²) >= 11 is 0. The Morgan fingerprint density at radius 2 is 2.14 bits per heavy atom. The number of hydrogen-bond acceptors (Lipinski definition) is 3. The van der Waals surface area contributed by atoms with Crippen molar-refractivity contribution in [2.45, 2.75) is 32.1 Å². The van der Waals surface area contributed by atoms with Crippen LogP contribution in [0.25, 0.3) is 10.9 Å². The molecule has 0 bridgehead atoms. The number of nitrogens with one attached hydrogen (secondary N) is 1. The maximum absolute atomic E-state index is 11.8. The van der Waals surface area contributed by atoms with Crippen LogP contribution >= 0.6 is 0 Å². The lowest BCUT2D eigenvalue weighted by atomic mass is 10.0. The minimum Gasteiger partial charge on any atom is -0.447 e. The van der Waals surface area contributed by atoms with Gasteiger partial charge in [-0.25, -0.2) is 9.69 Å². The number of aromatic nitrogens is 1. The van der Waals surface area contributed by atoms with Crippen LogP contribution in [-0.4, -0.2) is 35.0 Å². The first kappa shape index (κ1) is 14.6. The van der Waals surface area contributed by atoms with Gasteiger partial charge in [0.05, 0.1) is 6.54 Å². The second-order valence-electron chi connectivity index (χ2n) is 5.62. The molecule has 2 amide bonds. The number of benzene rings is 1. The van der Waals surface area contributed by atoms with E-state index in [1.54, 1.807) is 0 Å². The fraction of sp³-hybridized carbons (Fsp3) is 0.412. The van der Waals surface area contributed by atoms with Gasteiger partial charge in [-0.2, -0.15) is 0 Å². The van der Waals surface area contributed by atoms with Crippen LogP contribution < -0.4 is 0 Å². The van der Waals surface area contributed by atoms with Gasteiger partial charge < -0.3 is 9.72 Å². The van der Waals surface area contributed by atoms with E-state index in [1.165, 1.54) is 15.8 Å². The van der Waals surface area contributed by atoms with Gasteiger partial charge in [0.1, 0.15) is 6.61 Å². The molecule has 22 heavy (non-hydrogen) atoms. The van der Waals surface area contributed by atoms with Crippen molar-refractivity contribution in [3.63, 3.8) is 0 Å². The first-order valence-corrected chi connectivity index (χ1v) is 7.77. The van der Waals surface area contributed by atoms with E-state index in [9.17, 15) is 9.59 Å². The normalized spacial score (nSPS) is 14.5. The summed E-state index contributed by atoms with van der Waals surface area (Å²) in [5.74, 6) is -0.115. The summed E-state index contributed by atoms with van der Waals surface area (Å²) in [4.78, 5) is 27.5. The second-order valence-corrected chi connectivity index (χ2v) is 5.62. The van der Waals surface area contributed by atoms with Gasteiger partial charge in [-0.3, -0.25) is 4.79 Å². The highest BCUT2D eigenvalue weighted by atomic mass is 16.6. The van der Waals surface area contributed by atoms with E-state index in [0.717, 1.165) is 31.2 Å². The van der Waals surface area contributed by atoms with E-state index in [1.807, 2.05) is 6.20 Å². The molecule has 0 unspecified atom stereocenters. The quantitative estimate of drug-likeness (QED) is 0.833. The van der Waals surface area contributed by atoms with Crippen molar-refractivity contribution in [3.05, 3.63) is 36.0 Å². The molecular weight excluding hydrogens is 280 g/mol. The average molecular weight is 300 g/mol. The van der Waals surface area contributed by atoms with E-state index in [-0.39, 0.29) is 5.91 Å². The van der Waals surface area contributed by atoms with Gasteiger partial charge in [-0.05, 0) is 48.4 Å². The van der Waals surface area contributed by atoms with Crippen LogP contribution in [0.5, 0.6) is 0 Å². The zero-order chi connectivity index (χ0) is 15.4. The number of fused-ring (bicyclic) bond motifs is 1. The monoisotopic (exact) mass is 300 g/mol. The van der Waals surface area contributed by atoms with Gasteiger partial charge in [0, 0.05) is 18.1 Å². The molecule has 1 aliphatic heterocycles. The molecule has 2 aromatic rings. The van der Waals surface area contributed by atoms with Gasteiger partial charge in [0.25, 0.3) is 0 Å². The minimum absolute atomic E-state index is 0.115. The number of cyclic esters (lactones) is 1. The second kappa shape index (κ2) is 6.64. The number of aryl methyl sites for hydroxylation is 1. The molecular formula is C17H20N2O3. The number of amides is 2. The number of unbranched alkanes of at least 4 members (excludes halogenated alkanes) is 2. The van der Waals surface area contributed by atoms with Crippen molar-refractivity contribution in [2.75, 3.05) is 13.2 Å². The molecule has 3 rings (SSSR count). The van der Waals surface area contributed by atoms with Gasteiger partial charge in [-0.15, -0.1) is 0 Å². The molecule has 0 radical (unpaired) electrons. The van der Waals surface area contributed by atoms with Crippen LogP contribution in [0, 0.1) is 0 Å². The molecule has 0 saturated carbocycles. The summed E-state index contributed by atoms with van der Waals surface area (Å²) < 4.78 is 4.76. The average Bonchev–Trinajstić information content (AvgIpc) is 3.14. The number of aromatic amines is 1. The first-order valence-electron chi connectivity index (χ1n) is 7.77. The van der Waals surface area contributed by atoms with Crippen LogP contribution in [-0.2, 0) is 16.0 Å². The smallest absolute Gasteiger partial charge is 0.416 e. The number of carbonyl (C=O) groups excluding carboxylic acids is 2. The third-order valence-electron chi connectivity index (χ3n) is 4.04. The number of H-pyrrole nitrogens is 1. The highest BCUT2D eigenvalue weighted by Crippen LogP contribution is 2.16. The summed E-state index contributed by atoms with van der Waals surface area (Å²) in [6, 6.07) is 8.53. The molecule has 1 saturated heterocycles. The Morgan fingerprint density at radius 1 is 1.23 bits per heavy atom. The molecule has 0 aliphatic carbocycles. The largest absolute Gasteiger partial charge is 0.447 e. The Hall–Kier alpha value is -2.30. The van der Waals surface area contributed by atoms with Crippen molar-refractivity contribution < 1.29 is 14.3 Å². The lowest BCUT2D eigenvalue weighted by Gasteiger charge is -2.10. The molecule has 0 atom stereocenters. The topological polar surface area (TPSA) is 62.4 Å². The fourth-order valence-electron chi connectivity index (χ4n) is 2.80. The zero-order valence-corrected chi connectivity index (χ0v) is 12.5. The van der Waals surface area contributed by atoms with Crippen LogP contribution in [0.3, 0.4) is 0 Å². The Bertz CT molecular complexity index is 677. The zero-order valence-electron chi connectivity index (χ0n) is 12.5. The van der Waals surface area contributed by atoms with Gasteiger partial charge >= 0.3 is 6.09 Å². The third-order valence-corrected chi connectivity index (χ3v) is 4.04. The Morgan fingerprint density at radius 3 is 2.95 bits per heavy atom. The predicted octanol–water partition coefficient (Wildman–Crippen LogP) is 3.25. The SMILES string of the molecule is O=C(CCCCCc1ccc2[nH]ccc2c1)N1CCOC1=O. The standard InChI is InChI=1S/C17H20N2O3/c20-16(19-10-11-22-17(19)21)5-3-1-2-4-13-6-7-15-14(12-13)8-9-18-15/h6-9,12,18H,1-5,10-11H2. The van der Waals surface area contributed by atoms with Crippen LogP contribution in [0.2, 0.25) is 0 Å². The molecule has 1 fully saturated rings. The third kappa shape index (κ3) is 3.30. The summed E-state index contributed by atoms with van der Waals surface area (Å²) in [5.41, 5.74) is 2.48. The highest BCUT2D eigenvalue weighted by molar-refractivity contribution is 5.92. The lowest BCUT2D eigenvalue weighted by molar-refractivity contribution is -0.127. The maximum atomic E-state index is 11.8. The molecule has 1 aromatic heterocycles. The van der Waals surface area contributed by atoms with E-state index in [4.69, 9.17) is 4.74 Å². The number of carbonyl (C=O) groups is 2. The maximum Gasteiger partial charge on any atom is 0.416 e. The lowest BCUT2D eigenvalue weighted by Crippen LogP contribution is -2.31. The number of ether oxygens (including phenoxy) is 1. The number of imide groups is 1. The number of rotatable bonds is 6. The van der Waals surface area contributed by atoms with E-state index >= 15 is 0 Å². The van der Waals surface area contributed by atoms with Gasteiger partial charge in [0.15, 0.2) is 0 Å². The summed E-state index contributed by atoms with van der Waals surface area (Å²) in [7, 11) is 0. The van der Waals surface area contributed by atoms with Crippen molar-refractivity contribution in [2.24, 2.45) is 0 Å². The Kier molecular flexibility index (Phi) is 4.42. The van der Waals surface area contributed by atoms with Crippen LogP contribution in [0.1, 0.15) is 31.2 Å². The Balaban J connectivity index is 1.38. The summed E-state index contributed by atoms with van der Waals surface area (Å²) in [6.45, 7) is 0.723. The van der Waals surface area contributed by atoms with Crippen LogP contribution in [0.4, 0.5) is 4.79 Å². The van der Waals surface area contributed by atoms with Crippen molar-refractivity contribution in [3.8, 4) is 0 Å². The van der Waals surface area contributed by atoms with E-state index in [2.05, 4.69) is 29.2 Å². The fourth-order valence-corrected chi connectivity index (χ4v) is 2.80. The minimum atomic E-state index is -0.496. The predicted molar refractivity (Wildman–Crippen MR) is 83.5 cm³/mol. The Labute approximate surface area is 129 Å². The molecule has 5 nitrogen and oxygen atoms in total. The summed E-state index contributed by atoms with van der Waals surface area (Å²) in [5, 5.41) is 1.24. The molecule has 5 heteroatoms. The number of nitrogens with zero attached hydrogens (tertiary/aromatic N) is 1. The molecule has 1 aromatic carbocycles.